The van der Waals surface area contributed by atoms with Crippen molar-refractivity contribution in [2.45, 2.75) is 26.4 Å². The molecule has 2 aromatic rings. The van der Waals surface area contributed by atoms with Crippen molar-refractivity contribution in [1.29, 1.82) is 0 Å². The molecule has 0 aromatic heterocycles. The van der Waals surface area contributed by atoms with Gasteiger partial charge in [-0.05, 0) is 50.1 Å². The monoisotopic (exact) mass is 322 g/mol. The Morgan fingerprint density at radius 2 is 1.74 bits per heavy atom. The van der Waals surface area contributed by atoms with Crippen LogP contribution in [0.25, 0.3) is 0 Å². The molecule has 0 bridgehead atoms. The predicted molar refractivity (Wildman–Crippen MR) is 78.7 cm³/mol. The summed E-state index contributed by atoms with van der Waals surface area (Å²) in [6.45, 7) is 5.50. The van der Waals surface area contributed by atoms with Gasteiger partial charge in [0.15, 0.2) is 0 Å². The van der Waals surface area contributed by atoms with E-state index >= 15 is 0 Å². The van der Waals surface area contributed by atoms with Gasteiger partial charge in [0.05, 0.1) is 0 Å². The lowest BCUT2D eigenvalue weighted by molar-refractivity contribution is 0.0971. The van der Waals surface area contributed by atoms with Gasteiger partial charge >= 0.3 is 0 Å². The Morgan fingerprint density at radius 3 is 2.42 bits per heavy atom. The molecule has 1 unspecified atom stereocenters. The van der Waals surface area contributed by atoms with Gasteiger partial charge in [0.25, 0.3) is 0 Å². The van der Waals surface area contributed by atoms with Crippen LogP contribution in [0.15, 0.2) is 40.9 Å². The molecule has 0 aliphatic carbocycles. The van der Waals surface area contributed by atoms with Crippen LogP contribution >= 0.6 is 15.9 Å². The molecular formula is C16H16BrFO. The van der Waals surface area contributed by atoms with Crippen molar-refractivity contribution in [3.8, 4) is 0 Å². The molecule has 1 nitrogen and oxygen atoms in total. The summed E-state index contributed by atoms with van der Waals surface area (Å²) < 4.78 is 14.7. The highest BCUT2D eigenvalue weighted by Crippen LogP contribution is 2.34. The van der Waals surface area contributed by atoms with Crippen LogP contribution in [0.1, 0.15) is 29.2 Å². The van der Waals surface area contributed by atoms with E-state index in [2.05, 4.69) is 15.9 Å². The Hall–Kier alpha value is -1.19. The quantitative estimate of drug-likeness (QED) is 0.865. The fourth-order valence-electron chi connectivity index (χ4n) is 2.28. The Kier molecular flexibility index (Phi) is 3.79. The summed E-state index contributed by atoms with van der Waals surface area (Å²) >= 11 is 3.32. The van der Waals surface area contributed by atoms with Crippen LogP contribution in [0, 0.1) is 19.7 Å². The first-order chi connectivity index (χ1) is 8.82. The van der Waals surface area contributed by atoms with Crippen LogP contribution in [0.3, 0.4) is 0 Å². The zero-order valence-electron chi connectivity index (χ0n) is 11.2. The lowest BCUT2D eigenvalue weighted by atomic mass is 9.84. The molecule has 0 spiro atoms. The van der Waals surface area contributed by atoms with Gasteiger partial charge in [-0.1, -0.05) is 39.7 Å². The zero-order chi connectivity index (χ0) is 14.2. The SMILES string of the molecule is Cc1ccc(C)c(C(C)(O)c2cc(Br)ccc2F)c1. The molecule has 0 fully saturated rings. The van der Waals surface area contributed by atoms with Gasteiger partial charge in [0.2, 0.25) is 0 Å². The van der Waals surface area contributed by atoms with Crippen molar-refractivity contribution in [1.82, 2.24) is 0 Å². The second kappa shape index (κ2) is 5.06. The van der Waals surface area contributed by atoms with Gasteiger partial charge in [-0.25, -0.2) is 4.39 Å². The van der Waals surface area contributed by atoms with Crippen molar-refractivity contribution in [2.75, 3.05) is 0 Å². The summed E-state index contributed by atoms with van der Waals surface area (Å²) in [6.07, 6.45) is 0. The first-order valence-corrected chi connectivity index (χ1v) is 6.87. The highest BCUT2D eigenvalue weighted by Gasteiger charge is 2.30. The molecule has 2 aromatic carbocycles. The van der Waals surface area contributed by atoms with Crippen molar-refractivity contribution < 1.29 is 9.50 Å². The summed E-state index contributed by atoms with van der Waals surface area (Å²) in [6, 6.07) is 10.4. The third-order valence-corrected chi connectivity index (χ3v) is 3.86. The average Bonchev–Trinajstić information content (AvgIpc) is 2.35. The van der Waals surface area contributed by atoms with Gasteiger partial charge in [-0.3, -0.25) is 0 Å². The van der Waals surface area contributed by atoms with Crippen molar-refractivity contribution in [3.63, 3.8) is 0 Å². The first-order valence-electron chi connectivity index (χ1n) is 6.08. The van der Waals surface area contributed by atoms with Crippen LogP contribution in [0.4, 0.5) is 4.39 Å². The molecule has 0 heterocycles. The molecule has 0 saturated heterocycles. The van der Waals surface area contributed by atoms with Gasteiger partial charge in [-0.2, -0.15) is 0 Å². The van der Waals surface area contributed by atoms with E-state index < -0.39 is 11.4 Å². The molecule has 0 saturated carbocycles. The van der Waals surface area contributed by atoms with E-state index in [0.29, 0.717) is 0 Å². The first kappa shape index (κ1) is 14.2. The number of hydrogen-bond acceptors (Lipinski definition) is 1. The Bertz CT molecular complexity index is 567. The van der Waals surface area contributed by atoms with E-state index in [4.69, 9.17) is 0 Å². The number of rotatable bonds is 2. The van der Waals surface area contributed by atoms with Crippen LogP contribution in [-0.4, -0.2) is 5.11 Å². The van der Waals surface area contributed by atoms with Crippen molar-refractivity contribution in [3.05, 3.63) is 68.9 Å². The molecule has 1 atom stereocenters. The molecule has 3 heteroatoms. The summed E-state index contributed by atoms with van der Waals surface area (Å²) in [5, 5.41) is 10.8. The summed E-state index contributed by atoms with van der Waals surface area (Å²) in [5.41, 5.74) is 1.62. The van der Waals surface area contributed by atoms with Crippen LogP contribution in [0.5, 0.6) is 0 Å². The normalized spacial score (nSPS) is 14.2. The molecule has 0 radical (unpaired) electrons. The maximum Gasteiger partial charge on any atom is 0.129 e. The second-order valence-corrected chi connectivity index (χ2v) is 5.93. The topological polar surface area (TPSA) is 20.2 Å². The average molecular weight is 323 g/mol. The standard InChI is InChI=1S/C16H16BrFO/c1-10-4-5-11(2)13(8-10)16(3,19)14-9-12(17)6-7-15(14)18/h4-9,19H,1-3H3. The van der Waals surface area contributed by atoms with E-state index in [-0.39, 0.29) is 5.56 Å². The minimum Gasteiger partial charge on any atom is -0.381 e. The number of hydrogen-bond donors (Lipinski definition) is 1. The Labute approximate surface area is 121 Å². The molecular weight excluding hydrogens is 307 g/mol. The van der Waals surface area contributed by atoms with E-state index in [1.54, 1.807) is 19.1 Å². The molecule has 2 rings (SSSR count). The smallest absolute Gasteiger partial charge is 0.129 e. The highest BCUT2D eigenvalue weighted by molar-refractivity contribution is 9.10. The molecule has 0 amide bonds. The van der Waals surface area contributed by atoms with Gasteiger partial charge in [0.1, 0.15) is 11.4 Å². The molecule has 100 valence electrons. The fraction of sp³-hybridized carbons (Fsp3) is 0.250. The van der Waals surface area contributed by atoms with E-state index in [1.165, 1.54) is 6.07 Å². The molecule has 1 N–H and O–H groups in total. The number of aryl methyl sites for hydroxylation is 2. The third kappa shape index (κ3) is 2.72. The van der Waals surface area contributed by atoms with Crippen molar-refractivity contribution >= 4 is 15.9 Å². The molecule has 0 aliphatic rings. The predicted octanol–water partition coefficient (Wildman–Crippen LogP) is 4.46. The Morgan fingerprint density at radius 1 is 1.05 bits per heavy atom. The number of halogens is 2. The van der Waals surface area contributed by atoms with E-state index in [1.807, 2.05) is 32.0 Å². The maximum atomic E-state index is 14.0. The van der Waals surface area contributed by atoms with E-state index in [0.717, 1.165) is 21.2 Å². The Balaban J connectivity index is 2.64. The largest absolute Gasteiger partial charge is 0.381 e. The van der Waals surface area contributed by atoms with Crippen LogP contribution in [0.2, 0.25) is 0 Å². The van der Waals surface area contributed by atoms with Crippen LogP contribution < -0.4 is 0 Å². The van der Waals surface area contributed by atoms with Crippen LogP contribution in [-0.2, 0) is 5.60 Å². The highest BCUT2D eigenvalue weighted by atomic mass is 79.9. The fourth-order valence-corrected chi connectivity index (χ4v) is 2.64. The lowest BCUT2D eigenvalue weighted by Crippen LogP contribution is -2.25. The zero-order valence-corrected chi connectivity index (χ0v) is 12.8. The molecule has 0 aliphatic heterocycles. The molecule has 19 heavy (non-hydrogen) atoms. The minimum atomic E-state index is -1.36. The summed E-state index contributed by atoms with van der Waals surface area (Å²) in [4.78, 5) is 0. The van der Waals surface area contributed by atoms with Gasteiger partial charge in [-0.15, -0.1) is 0 Å². The second-order valence-electron chi connectivity index (χ2n) is 5.01. The summed E-state index contributed by atoms with van der Waals surface area (Å²) in [7, 11) is 0. The van der Waals surface area contributed by atoms with Gasteiger partial charge in [0, 0.05) is 10.0 Å². The summed E-state index contributed by atoms with van der Waals surface area (Å²) in [5.74, 6) is -0.408. The number of benzene rings is 2. The lowest BCUT2D eigenvalue weighted by Gasteiger charge is -2.27. The minimum absolute atomic E-state index is 0.274. The third-order valence-electron chi connectivity index (χ3n) is 3.37. The maximum absolute atomic E-state index is 14.0. The van der Waals surface area contributed by atoms with Gasteiger partial charge < -0.3 is 5.11 Å². The number of aliphatic hydroxyl groups is 1. The van der Waals surface area contributed by atoms with Crippen molar-refractivity contribution in [2.24, 2.45) is 0 Å². The van der Waals surface area contributed by atoms with E-state index in [9.17, 15) is 9.50 Å².